The second-order valence-electron chi connectivity index (χ2n) is 9.15. The molecule has 0 saturated heterocycles. The van der Waals surface area contributed by atoms with Crippen LogP contribution in [0.1, 0.15) is 82.6 Å². The van der Waals surface area contributed by atoms with Crippen LogP contribution in [-0.2, 0) is 10.0 Å². The van der Waals surface area contributed by atoms with Gasteiger partial charge in [-0.25, -0.2) is 8.42 Å². The van der Waals surface area contributed by atoms with Crippen LogP contribution in [0.2, 0.25) is 0 Å². The van der Waals surface area contributed by atoms with Gasteiger partial charge in [0.05, 0.1) is 25.5 Å². The topological polar surface area (TPSA) is 41.8 Å². The number of hydrogen-bond donors (Lipinski definition) is 1. The van der Waals surface area contributed by atoms with E-state index in [9.17, 15) is 8.42 Å². The van der Waals surface area contributed by atoms with Crippen molar-refractivity contribution in [3.05, 3.63) is 29.8 Å². The van der Waals surface area contributed by atoms with Crippen LogP contribution in [0.3, 0.4) is 0 Å². The van der Waals surface area contributed by atoms with Crippen molar-refractivity contribution in [3.63, 3.8) is 0 Å². The minimum atomic E-state index is -3.46. The first-order valence-corrected chi connectivity index (χ1v) is 13.2. The van der Waals surface area contributed by atoms with Gasteiger partial charge in [0.15, 0.2) is 0 Å². The van der Waals surface area contributed by atoms with Crippen molar-refractivity contribution < 1.29 is 13.3 Å². The molecule has 1 saturated carbocycles. The highest BCUT2D eigenvalue weighted by Crippen LogP contribution is 2.26. The Labute approximate surface area is 179 Å². The third kappa shape index (κ3) is 8.39. The summed E-state index contributed by atoms with van der Waals surface area (Å²) in [7, 11) is 0.811. The normalized spacial score (nSPS) is 18.5. The fraction of sp³-hybridized carbons (Fsp3) is 0.750. The van der Waals surface area contributed by atoms with Crippen LogP contribution in [0, 0.1) is 6.92 Å². The maximum absolute atomic E-state index is 13.6. The van der Waals surface area contributed by atoms with Crippen molar-refractivity contribution in [3.8, 4) is 0 Å². The molecule has 0 atom stereocenters. The van der Waals surface area contributed by atoms with Crippen LogP contribution < -0.4 is 4.90 Å². The van der Waals surface area contributed by atoms with Crippen molar-refractivity contribution in [2.24, 2.45) is 0 Å². The number of hydrogen-bond acceptors (Lipinski definition) is 2. The van der Waals surface area contributed by atoms with Gasteiger partial charge in [-0.15, -0.1) is 0 Å². The summed E-state index contributed by atoms with van der Waals surface area (Å²) in [5.74, 6) is 0. The quantitative estimate of drug-likeness (QED) is 0.714. The molecule has 0 radical (unpaired) electrons. The van der Waals surface area contributed by atoms with E-state index in [2.05, 4.69) is 14.1 Å². The summed E-state index contributed by atoms with van der Waals surface area (Å²) in [5.41, 5.74) is 1.10. The fourth-order valence-electron chi connectivity index (χ4n) is 4.36. The van der Waals surface area contributed by atoms with Crippen LogP contribution in [0.25, 0.3) is 0 Å². The summed E-state index contributed by atoms with van der Waals surface area (Å²) in [6.07, 6.45) is 14.3. The zero-order chi connectivity index (χ0) is 21.1. The number of quaternary nitrogens is 1. The molecule has 1 aliphatic carbocycles. The number of nitrogens with one attached hydrogen (secondary N) is 1. The molecule has 2 rings (SSSR count). The predicted molar refractivity (Wildman–Crippen MR) is 122 cm³/mol. The summed E-state index contributed by atoms with van der Waals surface area (Å²) in [6.45, 7) is 3.62. The minimum absolute atomic E-state index is 0.137. The number of nitrogens with zero attached hydrogens (tertiary/aromatic N) is 1. The molecule has 0 bridgehead atoms. The van der Waals surface area contributed by atoms with E-state index < -0.39 is 10.0 Å². The lowest BCUT2D eigenvalue weighted by atomic mass is 9.98. The molecule has 0 heterocycles. The van der Waals surface area contributed by atoms with Gasteiger partial charge in [-0.3, -0.25) is 0 Å². The van der Waals surface area contributed by atoms with Gasteiger partial charge in [-0.05, 0) is 31.9 Å². The monoisotopic (exact) mass is 423 g/mol. The zero-order valence-electron chi connectivity index (χ0n) is 19.0. The van der Waals surface area contributed by atoms with Crippen molar-refractivity contribution in [1.82, 2.24) is 4.31 Å². The highest BCUT2D eigenvalue weighted by atomic mass is 32.2. The van der Waals surface area contributed by atoms with Gasteiger partial charge in [-0.2, -0.15) is 4.31 Å². The second-order valence-corrected chi connectivity index (χ2v) is 11.0. The zero-order valence-corrected chi connectivity index (χ0v) is 19.8. The lowest BCUT2D eigenvalue weighted by Crippen LogP contribution is -3.05. The molecule has 0 amide bonds. The molecule has 1 fully saturated rings. The summed E-state index contributed by atoms with van der Waals surface area (Å²) < 4.78 is 29.1. The number of benzene rings is 1. The molecule has 4 nitrogen and oxygen atoms in total. The molecule has 1 aliphatic rings. The molecule has 0 unspecified atom stereocenters. The molecule has 0 aliphatic heterocycles. The molecular weight excluding hydrogens is 380 g/mol. The maximum Gasteiger partial charge on any atom is 0.243 e. The average Bonchev–Trinajstić information content (AvgIpc) is 2.66. The predicted octanol–water partition coefficient (Wildman–Crippen LogP) is 4.19. The smallest absolute Gasteiger partial charge is 0.243 e. The lowest BCUT2D eigenvalue weighted by molar-refractivity contribution is -0.858. The summed E-state index contributed by atoms with van der Waals surface area (Å²) in [6, 6.07) is 7.53. The van der Waals surface area contributed by atoms with Crippen molar-refractivity contribution >= 4 is 10.0 Å². The van der Waals surface area contributed by atoms with E-state index in [0.29, 0.717) is 11.4 Å². The van der Waals surface area contributed by atoms with E-state index in [1.165, 1.54) is 49.8 Å². The Morgan fingerprint density at radius 3 is 1.83 bits per heavy atom. The molecule has 166 valence electrons. The minimum Gasteiger partial charge on any atom is -0.340 e. The maximum atomic E-state index is 13.6. The summed E-state index contributed by atoms with van der Waals surface area (Å²) >= 11 is 0. The van der Waals surface area contributed by atoms with Gasteiger partial charge in [-0.1, -0.05) is 75.5 Å². The Morgan fingerprint density at radius 2 is 1.34 bits per heavy atom. The molecule has 0 spiro atoms. The van der Waals surface area contributed by atoms with Gasteiger partial charge < -0.3 is 4.90 Å². The van der Waals surface area contributed by atoms with Gasteiger partial charge in [0, 0.05) is 19.0 Å². The van der Waals surface area contributed by atoms with E-state index in [1.807, 2.05) is 23.4 Å². The van der Waals surface area contributed by atoms with Crippen molar-refractivity contribution in [1.29, 1.82) is 0 Å². The Bertz CT molecular complexity index is 659. The van der Waals surface area contributed by atoms with Gasteiger partial charge >= 0.3 is 0 Å². The Kier molecular flexibility index (Phi) is 10.7. The van der Waals surface area contributed by atoms with Crippen molar-refractivity contribution in [2.45, 2.75) is 94.9 Å². The standard InChI is InChI=1S/C24H42N2O2S/c1-22-16-18-24(19-17-22)29(27,28)26(21-13-20-25(2)3)23-14-11-9-7-5-4-6-8-10-12-15-23/h16-19,23H,4-15,20-21H2,1-3H3/p+1. The second kappa shape index (κ2) is 12.7. The molecular formula is C24H43N2O2S+. The van der Waals surface area contributed by atoms with Crippen LogP contribution in [0.5, 0.6) is 0 Å². The number of sulfonamides is 1. The van der Waals surface area contributed by atoms with Gasteiger partial charge in [0.25, 0.3) is 0 Å². The fourth-order valence-corrected chi connectivity index (χ4v) is 6.09. The first-order valence-electron chi connectivity index (χ1n) is 11.8. The molecule has 0 aromatic heterocycles. The van der Waals surface area contributed by atoms with Crippen LogP contribution >= 0.6 is 0 Å². The number of rotatable bonds is 7. The van der Waals surface area contributed by atoms with Crippen LogP contribution in [0.4, 0.5) is 0 Å². The summed E-state index contributed by atoms with van der Waals surface area (Å²) in [5, 5.41) is 0. The van der Waals surface area contributed by atoms with Crippen molar-refractivity contribution in [2.75, 3.05) is 27.2 Å². The Hall–Kier alpha value is -0.910. The highest BCUT2D eigenvalue weighted by Gasteiger charge is 2.31. The first-order chi connectivity index (χ1) is 13.9. The SMILES string of the molecule is Cc1ccc(S(=O)(=O)N(CCC[NH+](C)C)C2CCCCCCCCCCC2)cc1. The van der Waals surface area contributed by atoms with Crippen LogP contribution in [-0.4, -0.2) is 45.9 Å². The van der Waals surface area contributed by atoms with Gasteiger partial charge in [0.2, 0.25) is 10.0 Å². The molecule has 29 heavy (non-hydrogen) atoms. The van der Waals surface area contributed by atoms with E-state index >= 15 is 0 Å². The lowest BCUT2D eigenvalue weighted by Gasteiger charge is -2.31. The van der Waals surface area contributed by atoms with E-state index in [4.69, 9.17) is 0 Å². The largest absolute Gasteiger partial charge is 0.340 e. The highest BCUT2D eigenvalue weighted by molar-refractivity contribution is 7.89. The Balaban J connectivity index is 2.21. The first kappa shape index (κ1) is 24.4. The van der Waals surface area contributed by atoms with Gasteiger partial charge in [0.1, 0.15) is 0 Å². The van der Waals surface area contributed by atoms with E-state index in [-0.39, 0.29) is 6.04 Å². The Morgan fingerprint density at radius 1 is 0.862 bits per heavy atom. The van der Waals surface area contributed by atoms with Crippen LogP contribution in [0.15, 0.2) is 29.2 Å². The third-order valence-electron chi connectivity index (χ3n) is 6.16. The molecule has 1 N–H and O–H groups in total. The molecule has 1 aromatic rings. The number of aryl methyl sites for hydroxylation is 1. The third-order valence-corrected chi connectivity index (χ3v) is 8.13. The summed E-state index contributed by atoms with van der Waals surface area (Å²) in [4.78, 5) is 1.82. The molecule has 5 heteroatoms. The van der Waals surface area contributed by atoms with E-state index in [0.717, 1.165) is 44.2 Å². The average molecular weight is 424 g/mol. The molecule has 1 aromatic carbocycles. The van der Waals surface area contributed by atoms with E-state index in [1.54, 1.807) is 12.1 Å².